The summed E-state index contributed by atoms with van der Waals surface area (Å²) in [7, 11) is 0.790. The largest absolute Gasteiger partial charge is 0.356 e. The van der Waals surface area contributed by atoms with Crippen LogP contribution in [0.2, 0.25) is 0 Å². The van der Waals surface area contributed by atoms with Crippen LogP contribution in [0.15, 0.2) is 487 Å². The van der Waals surface area contributed by atoms with Gasteiger partial charge in [0.1, 0.15) is 25.1 Å². The van der Waals surface area contributed by atoms with E-state index in [4.69, 9.17) is 14.2 Å². The monoisotopic (exact) mass is 3130 g/mol. The third-order valence-corrected chi connectivity index (χ3v) is 109. The minimum Gasteiger partial charge on any atom is -0.356 e. The van der Waals surface area contributed by atoms with E-state index in [1.165, 1.54) is 62.7 Å². The van der Waals surface area contributed by atoms with Gasteiger partial charge in [0.05, 0.1) is 36.7 Å². The molecule has 0 aromatic heterocycles. The molecule has 1 heterocycles. The molecule has 22 rings (SSSR count). The molecule has 734 valence electrons. The predicted octanol–water partition coefficient (Wildman–Crippen LogP) is 36.2. The van der Waals surface area contributed by atoms with E-state index in [1.807, 2.05) is 164 Å². The van der Waals surface area contributed by atoms with Crippen molar-refractivity contribution < 1.29 is 51.4 Å². The number of benzene rings is 19. The second-order valence-electron chi connectivity index (χ2n) is 33.7. The second-order valence-corrected chi connectivity index (χ2v) is 150. The van der Waals surface area contributed by atoms with Gasteiger partial charge in [0.15, 0.2) is 6.29 Å². The fourth-order valence-corrected chi connectivity index (χ4v) is 19.6. The molecule has 0 radical (unpaired) electrons. The molecule has 0 amide bonds. The minimum absolute atomic E-state index is 0.155. The Labute approximate surface area is 962 Å². The van der Waals surface area contributed by atoms with Gasteiger partial charge in [-0.3, -0.25) is 19.2 Å². The summed E-state index contributed by atoms with van der Waals surface area (Å²) in [4.78, 5) is 60.0. The molecule has 19 aromatic carbocycles. The number of carbonyl (C=O) groups excluding carboxylic acids is 5. The molecule has 1 saturated heterocycles. The van der Waals surface area contributed by atoms with Gasteiger partial charge in [-0.2, -0.15) is 0 Å². The summed E-state index contributed by atoms with van der Waals surface area (Å²) in [5.41, 5.74) is 33.4. The Hall–Kier alpha value is -9.14. The molecule has 0 saturated carbocycles. The summed E-state index contributed by atoms with van der Waals surface area (Å²) in [6.45, 7) is 1.39. The Morgan fingerprint density at radius 3 is 0.986 bits per heavy atom. The number of aldehydes is 4. The van der Waals surface area contributed by atoms with E-state index >= 15 is 0 Å². The number of hydrogen-bond acceptors (Lipinski definition) is 10. The average molecular weight is 3130 g/mol. The molecule has 0 unspecified atom stereocenters. The smallest absolute Gasteiger partial charge is 0.150 e. The maximum atomic E-state index is 11.7. The van der Waals surface area contributed by atoms with Crippen molar-refractivity contribution >= 4 is 235 Å². The number of nitrogens with one attached hydrogen (secondary N) is 1. The van der Waals surface area contributed by atoms with Crippen molar-refractivity contribution in [3.63, 3.8) is 0 Å². The van der Waals surface area contributed by atoms with E-state index in [0.29, 0.717) is 54.3 Å². The maximum absolute atomic E-state index is 11.7. The van der Waals surface area contributed by atoms with E-state index in [-0.39, 0.29) is 28.0 Å². The minimum atomic E-state index is -0.674. The molecule has 0 spiro atoms. The van der Waals surface area contributed by atoms with Crippen molar-refractivity contribution in [2.75, 3.05) is 30.5 Å². The van der Waals surface area contributed by atoms with Crippen LogP contribution in [-0.2, 0) is 25.0 Å². The Kier molecular flexibility index (Phi) is 41.1. The molecular weight excluding hydrogens is 3040 g/mol. The maximum Gasteiger partial charge on any atom is 0.150 e. The van der Waals surface area contributed by atoms with Crippen LogP contribution < -0.4 is 23.5 Å². The van der Waals surface area contributed by atoms with Gasteiger partial charge in [-0.25, -0.2) is 4.79 Å². The van der Waals surface area contributed by atoms with Crippen LogP contribution in [0.1, 0.15) is 108 Å². The van der Waals surface area contributed by atoms with E-state index in [0.717, 1.165) is 139 Å². The third-order valence-electron chi connectivity index (χ3n) is 25.2. The molecule has 1 N–H and O–H groups in total. The topological polar surface area (TPSA) is 128 Å². The molecule has 1 aliphatic heterocycles. The second kappa shape index (κ2) is 54.7. The first-order valence-electron chi connectivity index (χ1n) is 46.3. The molecule has 1 fully saturated rings. The molecule has 3 aliphatic rings. The summed E-state index contributed by atoms with van der Waals surface area (Å²) < 4.78 is 18.5. The Morgan fingerprint density at radius 1 is 0.327 bits per heavy atom. The Morgan fingerprint density at radius 2 is 0.626 bits per heavy atom. The Bertz CT molecular complexity index is 7380. The number of carbonyl (C=O) groups is 5. The molecule has 147 heavy (non-hydrogen) atoms. The fraction of sp³-hybridized carbons (Fsp3) is 0.0480. The number of methoxy groups -OCH3 is 1. The van der Waals surface area contributed by atoms with Crippen LogP contribution in [0, 0.1) is 0 Å². The van der Waals surface area contributed by atoms with E-state index < -0.39 is 10.8 Å². The molecule has 10 nitrogen and oxygen atoms in total. The van der Waals surface area contributed by atoms with Gasteiger partial charge >= 0.3 is 147 Å². The van der Waals surface area contributed by atoms with Crippen LogP contribution in [0.25, 0.3) is 77.9 Å². The normalized spacial score (nSPS) is 12.4. The predicted molar refractivity (Wildman–Crippen MR) is 681 cm³/mol. The van der Waals surface area contributed by atoms with Crippen LogP contribution >= 0.6 is 175 Å². The van der Waals surface area contributed by atoms with Crippen LogP contribution in [0.5, 0.6) is 0 Å². The van der Waals surface area contributed by atoms with E-state index in [9.17, 15) is 24.0 Å². The number of rotatable bonds is 21. The zero-order valence-electron chi connectivity index (χ0n) is 78.6. The van der Waals surface area contributed by atoms with Gasteiger partial charge in [0.25, 0.3) is 0 Å². The first kappa shape index (κ1) is 111. The molecule has 0 bridgehead atoms. The first-order chi connectivity index (χ1) is 71.8. The van der Waals surface area contributed by atoms with Crippen molar-refractivity contribution in [1.29, 1.82) is 0 Å². The van der Waals surface area contributed by atoms with Gasteiger partial charge in [-0.1, -0.05) is 418 Å². The van der Waals surface area contributed by atoms with Crippen LogP contribution in [0.3, 0.4) is 0 Å². The Balaban J connectivity index is 0.000000140. The van der Waals surface area contributed by atoms with E-state index in [2.05, 4.69) is 473 Å². The zero-order chi connectivity index (χ0) is 103. The standard InChI is InChI=1S/C51H35NO2.C27H17BrO2.C24H19N.C14H11BrO2.C9H9BrO2.I5.I4/c53-34-36-15-23-42(24-16-36)51(43-25-17-37(35-54)18-26-43)49-14-8-7-13-47(49)48-33-46(31-32-50(48)51)52(44-27-19-40(20-28-44)38-9-3-1-4-10-38)45-29-21-41(22-30-45)39-11-5-2-6-12-39;28-22-13-14-26-24(15-22)23-3-1-2-4-25(23)27(26,20-9-5-18(16-29)6-10-20)21-11-7-19(17-30)8-12-21;1-3-7-19(8-4-1)21-11-15-23(16-12-21)25-24-17-13-22(14-18-24)20-9-5-2-6-10-20;1-17-14(16)13-8-3-2-7-12(13)10-5-4-6-11(15)9-10;10-8-3-1-7(2-4-8)9-11-5-6-12-9;1-4-5(2)3;1-4(2)3/h1-35H;1-17H;1-18,25H;2-9H,1H3;1-4,9H,5-6H2;;/q;;;;;-1;. The third kappa shape index (κ3) is 27.5. The van der Waals surface area contributed by atoms with Crippen LogP contribution in [0.4, 0.5) is 28.4 Å². The number of fused-ring (bicyclic) bond motifs is 6. The fourth-order valence-electron chi connectivity index (χ4n) is 18.6. The van der Waals surface area contributed by atoms with Gasteiger partial charge in [-0.05, 0) is 226 Å². The summed E-state index contributed by atoms with van der Waals surface area (Å²) in [6, 6.07) is 161. The molecule has 22 heteroatoms. The summed E-state index contributed by atoms with van der Waals surface area (Å²) in [5.74, 6) is -0.319. The summed E-state index contributed by atoms with van der Waals surface area (Å²) in [6.07, 6.45) is 3.33. The van der Waals surface area contributed by atoms with Crippen molar-refractivity contribution in [3.8, 4) is 77.9 Å². The van der Waals surface area contributed by atoms with Crippen LogP contribution in [-0.4, -0.2) is 51.4 Å². The molecule has 2 aliphatic carbocycles. The van der Waals surface area contributed by atoms with Gasteiger partial charge in [0.2, 0.25) is 0 Å². The SMILES string of the molecule is Brc1ccc(C2OCCO2)cc1.COC(=O)c1ccccc1-c1cccc(Br)c1.II(I)I.I[I-]I(I)I.O=Cc1ccc(C2(c3ccc(C=O)cc3)c3ccccc3-c3cc(Br)ccc32)cc1.O=Cc1ccc(C2(c3ccc(C=O)cc3)c3ccccc3-c3cc(N(c4ccc(-c5ccccc5)cc4)c4ccc(-c5ccccc5)cc4)ccc32)cc1.c1ccc(-c2ccc(Nc3ccc(-c4ccccc4)cc3)cc2)cc1. The summed E-state index contributed by atoms with van der Waals surface area (Å²) >= 11 is 26.2. The number of hydrogen-bond donors (Lipinski definition) is 1. The molecular formula is C125H91Br3I9N2O8-. The number of ether oxygens (including phenoxy) is 3. The molecule has 0 atom stereocenters. The summed E-state index contributed by atoms with van der Waals surface area (Å²) in [5, 5.41) is 3.46. The quantitative estimate of drug-likeness (QED) is 0.0422. The van der Waals surface area contributed by atoms with Crippen molar-refractivity contribution in [3.05, 3.63) is 564 Å². The van der Waals surface area contributed by atoms with Gasteiger partial charge < -0.3 is 24.4 Å². The number of esters is 1. The van der Waals surface area contributed by atoms with E-state index in [1.54, 1.807) is 6.07 Å². The number of halogens is 12. The first-order valence-corrected chi connectivity index (χ1v) is 92.7. The average Bonchev–Trinajstić information content (AvgIpc) is 1.55. The zero-order valence-corrected chi connectivity index (χ0v) is 103. The molecule has 19 aromatic rings. The number of nitrogens with zero attached hydrogens (tertiary/aromatic N) is 1. The number of anilines is 5. The van der Waals surface area contributed by atoms with Crippen molar-refractivity contribution in [2.24, 2.45) is 0 Å². The van der Waals surface area contributed by atoms with Crippen molar-refractivity contribution in [1.82, 2.24) is 0 Å². The van der Waals surface area contributed by atoms with Crippen molar-refractivity contribution in [2.45, 2.75) is 17.1 Å². The van der Waals surface area contributed by atoms with Gasteiger partial charge in [0, 0.05) is 69.7 Å². The van der Waals surface area contributed by atoms with Gasteiger partial charge in [-0.15, -0.1) is 0 Å².